The van der Waals surface area contributed by atoms with E-state index in [1.807, 2.05) is 20.0 Å². The SMILES string of the molecule is Cc1cnc(C(C)Nc2cnc(C(N)=S)cn2)s1. The Hall–Kier alpha value is -1.60. The third-order valence-corrected chi connectivity index (χ3v) is 3.58. The first-order chi connectivity index (χ1) is 8.56. The lowest BCUT2D eigenvalue weighted by molar-refractivity contribution is 0.857. The molecule has 5 nitrogen and oxygen atoms in total. The van der Waals surface area contributed by atoms with Gasteiger partial charge in [-0.25, -0.2) is 15.0 Å². The molecule has 0 amide bonds. The summed E-state index contributed by atoms with van der Waals surface area (Å²) in [5.41, 5.74) is 5.98. The van der Waals surface area contributed by atoms with Crippen LogP contribution in [-0.2, 0) is 0 Å². The van der Waals surface area contributed by atoms with Crippen molar-refractivity contribution in [1.82, 2.24) is 15.0 Å². The molecule has 18 heavy (non-hydrogen) atoms. The molecular formula is C11H13N5S2. The van der Waals surface area contributed by atoms with Gasteiger partial charge in [0.15, 0.2) is 0 Å². The summed E-state index contributed by atoms with van der Waals surface area (Å²) in [6.45, 7) is 4.06. The minimum absolute atomic E-state index is 0.0914. The number of anilines is 1. The average Bonchev–Trinajstić information content (AvgIpc) is 2.76. The molecule has 2 aromatic heterocycles. The van der Waals surface area contributed by atoms with E-state index in [0.717, 1.165) is 5.01 Å². The fourth-order valence-electron chi connectivity index (χ4n) is 1.39. The molecule has 0 aromatic carbocycles. The molecule has 0 aliphatic rings. The number of hydrogen-bond acceptors (Lipinski definition) is 6. The molecule has 0 radical (unpaired) electrons. The van der Waals surface area contributed by atoms with Crippen LogP contribution < -0.4 is 11.1 Å². The molecule has 2 heterocycles. The second-order valence-corrected chi connectivity index (χ2v) is 5.53. The van der Waals surface area contributed by atoms with Crippen LogP contribution in [0.15, 0.2) is 18.6 Å². The number of hydrogen-bond donors (Lipinski definition) is 2. The number of aryl methyl sites for hydroxylation is 1. The summed E-state index contributed by atoms with van der Waals surface area (Å²) in [4.78, 5) is 14.1. The fourth-order valence-corrected chi connectivity index (χ4v) is 2.27. The molecule has 0 fully saturated rings. The van der Waals surface area contributed by atoms with Crippen LogP contribution in [0.1, 0.15) is 28.5 Å². The molecule has 94 valence electrons. The number of aromatic nitrogens is 3. The second-order valence-electron chi connectivity index (χ2n) is 3.83. The van der Waals surface area contributed by atoms with Crippen molar-refractivity contribution in [2.75, 3.05) is 5.32 Å². The minimum Gasteiger partial charge on any atom is -0.388 e. The Morgan fingerprint density at radius 2 is 2.11 bits per heavy atom. The van der Waals surface area contributed by atoms with Crippen LogP contribution in [0.5, 0.6) is 0 Å². The largest absolute Gasteiger partial charge is 0.388 e. The van der Waals surface area contributed by atoms with Gasteiger partial charge in [0.1, 0.15) is 21.5 Å². The van der Waals surface area contributed by atoms with Gasteiger partial charge in [-0.05, 0) is 13.8 Å². The summed E-state index contributed by atoms with van der Waals surface area (Å²) < 4.78 is 0. The van der Waals surface area contributed by atoms with Gasteiger partial charge in [-0.15, -0.1) is 11.3 Å². The number of thiocarbonyl (C=S) groups is 1. The van der Waals surface area contributed by atoms with Crippen molar-refractivity contribution in [3.63, 3.8) is 0 Å². The highest BCUT2D eigenvalue weighted by Crippen LogP contribution is 2.21. The molecule has 1 atom stereocenters. The molecule has 7 heteroatoms. The van der Waals surface area contributed by atoms with Crippen molar-refractivity contribution in [2.24, 2.45) is 5.73 Å². The number of rotatable bonds is 4. The second kappa shape index (κ2) is 5.36. The van der Waals surface area contributed by atoms with Gasteiger partial charge < -0.3 is 11.1 Å². The monoisotopic (exact) mass is 279 g/mol. The Labute approximate surface area is 114 Å². The lowest BCUT2D eigenvalue weighted by Gasteiger charge is -2.11. The molecule has 0 spiro atoms. The average molecular weight is 279 g/mol. The van der Waals surface area contributed by atoms with Gasteiger partial charge in [0.05, 0.1) is 18.4 Å². The van der Waals surface area contributed by atoms with Gasteiger partial charge >= 0.3 is 0 Å². The van der Waals surface area contributed by atoms with E-state index in [1.165, 1.54) is 4.88 Å². The Balaban J connectivity index is 2.07. The summed E-state index contributed by atoms with van der Waals surface area (Å²) in [7, 11) is 0. The van der Waals surface area contributed by atoms with Crippen LogP contribution in [0.25, 0.3) is 0 Å². The van der Waals surface area contributed by atoms with E-state index in [9.17, 15) is 0 Å². The van der Waals surface area contributed by atoms with E-state index in [0.29, 0.717) is 11.5 Å². The summed E-state index contributed by atoms with van der Waals surface area (Å²) in [5.74, 6) is 0.676. The molecule has 0 aliphatic carbocycles. The van der Waals surface area contributed by atoms with E-state index in [1.54, 1.807) is 23.7 Å². The predicted molar refractivity (Wildman–Crippen MR) is 76.8 cm³/mol. The minimum atomic E-state index is 0.0914. The lowest BCUT2D eigenvalue weighted by Crippen LogP contribution is -2.13. The maximum absolute atomic E-state index is 5.46. The quantitative estimate of drug-likeness (QED) is 0.834. The first-order valence-electron chi connectivity index (χ1n) is 5.37. The van der Waals surface area contributed by atoms with Gasteiger partial charge in [0.2, 0.25) is 0 Å². The van der Waals surface area contributed by atoms with Crippen LogP contribution in [-0.4, -0.2) is 19.9 Å². The predicted octanol–water partition coefficient (Wildman–Crippen LogP) is 2.05. The first-order valence-corrected chi connectivity index (χ1v) is 6.59. The third-order valence-electron chi connectivity index (χ3n) is 2.28. The topological polar surface area (TPSA) is 76.7 Å². The molecule has 0 saturated heterocycles. The highest BCUT2D eigenvalue weighted by Gasteiger charge is 2.10. The van der Waals surface area contributed by atoms with Gasteiger partial charge in [-0.2, -0.15) is 0 Å². The van der Waals surface area contributed by atoms with Crippen LogP contribution in [0.3, 0.4) is 0 Å². The zero-order valence-electron chi connectivity index (χ0n) is 10.0. The zero-order valence-corrected chi connectivity index (χ0v) is 11.7. The van der Waals surface area contributed by atoms with E-state index in [4.69, 9.17) is 18.0 Å². The zero-order chi connectivity index (χ0) is 13.1. The van der Waals surface area contributed by atoms with Crippen molar-refractivity contribution < 1.29 is 0 Å². The fraction of sp³-hybridized carbons (Fsp3) is 0.273. The third kappa shape index (κ3) is 2.99. The number of nitrogens with two attached hydrogens (primary N) is 1. The summed E-state index contributed by atoms with van der Waals surface area (Å²) in [6, 6.07) is 0.0914. The van der Waals surface area contributed by atoms with Gasteiger partial charge in [-0.1, -0.05) is 12.2 Å². The standard InChI is InChI=1S/C11H13N5S2/c1-6-3-15-11(18-6)7(2)16-9-5-13-8(4-14-9)10(12)17/h3-5,7H,1-2H3,(H2,12,17)(H,14,16). The first kappa shape index (κ1) is 12.8. The van der Waals surface area contributed by atoms with Crippen LogP contribution in [0, 0.1) is 6.92 Å². The van der Waals surface area contributed by atoms with Crippen molar-refractivity contribution >= 4 is 34.4 Å². The highest BCUT2D eigenvalue weighted by molar-refractivity contribution is 7.80. The van der Waals surface area contributed by atoms with Crippen molar-refractivity contribution in [2.45, 2.75) is 19.9 Å². The van der Waals surface area contributed by atoms with E-state index in [2.05, 4.69) is 20.3 Å². The van der Waals surface area contributed by atoms with Crippen LogP contribution in [0.4, 0.5) is 5.82 Å². The number of nitrogens with one attached hydrogen (secondary N) is 1. The molecule has 3 N–H and O–H groups in total. The molecule has 2 aromatic rings. The molecular weight excluding hydrogens is 266 g/mol. The summed E-state index contributed by atoms with van der Waals surface area (Å²) >= 11 is 6.48. The van der Waals surface area contributed by atoms with Crippen LogP contribution in [0.2, 0.25) is 0 Å². The van der Waals surface area contributed by atoms with Gasteiger partial charge in [0, 0.05) is 11.1 Å². The summed E-state index contributed by atoms with van der Waals surface area (Å²) in [5, 5.41) is 4.25. The molecule has 0 bridgehead atoms. The molecule has 0 saturated carbocycles. The van der Waals surface area contributed by atoms with E-state index < -0.39 is 0 Å². The number of thiazole rings is 1. The molecule has 1 unspecified atom stereocenters. The Morgan fingerprint density at radius 3 is 2.61 bits per heavy atom. The maximum Gasteiger partial charge on any atom is 0.145 e. The van der Waals surface area contributed by atoms with Crippen molar-refractivity contribution in [3.05, 3.63) is 34.2 Å². The maximum atomic E-state index is 5.46. The van der Waals surface area contributed by atoms with Crippen molar-refractivity contribution in [1.29, 1.82) is 0 Å². The Morgan fingerprint density at radius 1 is 1.33 bits per heavy atom. The van der Waals surface area contributed by atoms with E-state index in [-0.39, 0.29) is 11.0 Å². The van der Waals surface area contributed by atoms with Gasteiger partial charge in [0.25, 0.3) is 0 Å². The Bertz CT molecular complexity index is 549. The molecule has 0 aliphatic heterocycles. The van der Waals surface area contributed by atoms with E-state index >= 15 is 0 Å². The normalized spacial score (nSPS) is 12.1. The van der Waals surface area contributed by atoms with Crippen molar-refractivity contribution in [3.8, 4) is 0 Å². The molecule has 2 rings (SSSR count). The Kier molecular flexibility index (Phi) is 3.83. The lowest BCUT2D eigenvalue weighted by atomic mass is 10.3. The smallest absolute Gasteiger partial charge is 0.145 e. The van der Waals surface area contributed by atoms with Gasteiger partial charge in [-0.3, -0.25) is 0 Å². The van der Waals surface area contributed by atoms with Crippen LogP contribution >= 0.6 is 23.6 Å². The number of nitrogens with zero attached hydrogens (tertiary/aromatic N) is 3. The highest BCUT2D eigenvalue weighted by atomic mass is 32.1. The summed E-state index contributed by atoms with van der Waals surface area (Å²) in [6.07, 6.45) is 5.04.